The van der Waals surface area contributed by atoms with Gasteiger partial charge in [-0.05, 0) is 36.4 Å². The SMILES string of the molecule is c1cn2cc(-c3ccc4cn[nH]c4n3)nc(Nc3ccc(N4CCN(C5COC5)CC4)cc3)c2n1. The number of aromatic nitrogens is 6. The molecule has 0 amide bonds. The molecule has 0 spiro atoms. The maximum Gasteiger partial charge on any atom is 0.180 e. The first-order valence-electron chi connectivity index (χ1n) is 11.9. The van der Waals surface area contributed by atoms with Gasteiger partial charge in [-0.2, -0.15) is 5.10 Å². The molecule has 176 valence electrons. The first-order valence-corrected chi connectivity index (χ1v) is 11.9. The van der Waals surface area contributed by atoms with Crippen molar-refractivity contribution in [3.05, 3.63) is 61.2 Å². The van der Waals surface area contributed by atoms with Crippen LogP contribution in [0.1, 0.15) is 0 Å². The van der Waals surface area contributed by atoms with Crippen LogP contribution < -0.4 is 10.2 Å². The number of hydrogen-bond acceptors (Lipinski definition) is 8. The molecule has 0 unspecified atom stereocenters. The Balaban J connectivity index is 1.12. The Hall–Kier alpha value is -4.02. The maximum atomic E-state index is 5.35. The van der Waals surface area contributed by atoms with Gasteiger partial charge in [0.15, 0.2) is 17.1 Å². The summed E-state index contributed by atoms with van der Waals surface area (Å²) < 4.78 is 7.31. The number of nitrogens with zero attached hydrogens (tertiary/aromatic N) is 7. The summed E-state index contributed by atoms with van der Waals surface area (Å²) in [5.74, 6) is 0.683. The van der Waals surface area contributed by atoms with Crippen molar-refractivity contribution in [2.45, 2.75) is 6.04 Å². The van der Waals surface area contributed by atoms with E-state index >= 15 is 0 Å². The molecule has 2 N–H and O–H groups in total. The van der Waals surface area contributed by atoms with Gasteiger partial charge in [0.05, 0.1) is 31.1 Å². The van der Waals surface area contributed by atoms with E-state index < -0.39 is 0 Å². The molecule has 1 aromatic carbocycles. The van der Waals surface area contributed by atoms with Crippen molar-refractivity contribution < 1.29 is 4.74 Å². The quantitative estimate of drug-likeness (QED) is 0.407. The lowest BCUT2D eigenvalue weighted by atomic mass is 10.1. The highest BCUT2D eigenvalue weighted by molar-refractivity contribution is 5.78. The highest BCUT2D eigenvalue weighted by atomic mass is 16.5. The average Bonchev–Trinajstić information content (AvgIpc) is 3.53. The van der Waals surface area contributed by atoms with Gasteiger partial charge in [0.25, 0.3) is 0 Å². The molecule has 7 rings (SSSR count). The van der Waals surface area contributed by atoms with E-state index in [1.165, 1.54) is 5.69 Å². The van der Waals surface area contributed by atoms with E-state index in [9.17, 15) is 0 Å². The standard InChI is InChI=1S/C25H25N9O/c1-6-21(29-23-17(1)13-27-31-23)22-14-34-8-7-26-25(34)24(30-22)28-18-2-4-19(5-3-18)32-9-11-33(12-10-32)20-15-35-16-20/h1-8,13-14,20H,9-12,15-16H2,(H,28,30)(H,27,29,31). The molecular formula is C25H25N9O. The monoisotopic (exact) mass is 467 g/mol. The number of fused-ring (bicyclic) bond motifs is 2. The largest absolute Gasteiger partial charge is 0.378 e. The van der Waals surface area contributed by atoms with Crippen molar-refractivity contribution >= 4 is 33.9 Å². The van der Waals surface area contributed by atoms with Gasteiger partial charge in [0.2, 0.25) is 0 Å². The van der Waals surface area contributed by atoms with Gasteiger partial charge in [-0.1, -0.05) is 0 Å². The van der Waals surface area contributed by atoms with E-state index in [0.717, 1.165) is 73.1 Å². The molecule has 10 heteroatoms. The van der Waals surface area contributed by atoms with Crippen molar-refractivity contribution in [2.75, 3.05) is 49.6 Å². The van der Waals surface area contributed by atoms with Crippen molar-refractivity contribution in [1.29, 1.82) is 0 Å². The zero-order valence-electron chi connectivity index (χ0n) is 19.1. The average molecular weight is 468 g/mol. The molecule has 4 aromatic heterocycles. The third-order valence-corrected chi connectivity index (χ3v) is 6.88. The van der Waals surface area contributed by atoms with Gasteiger partial charge in [-0.3, -0.25) is 10.00 Å². The van der Waals surface area contributed by atoms with Crippen molar-refractivity contribution in [2.24, 2.45) is 0 Å². The van der Waals surface area contributed by atoms with E-state index in [4.69, 9.17) is 9.72 Å². The van der Waals surface area contributed by atoms with Gasteiger partial charge in [0, 0.05) is 61.5 Å². The molecular weight excluding hydrogens is 442 g/mol. The molecule has 35 heavy (non-hydrogen) atoms. The first-order chi connectivity index (χ1) is 17.3. The fourth-order valence-corrected chi connectivity index (χ4v) is 4.78. The van der Waals surface area contributed by atoms with Crippen LogP contribution in [-0.4, -0.2) is 79.9 Å². The van der Waals surface area contributed by atoms with Gasteiger partial charge in [-0.15, -0.1) is 0 Å². The van der Waals surface area contributed by atoms with E-state index in [-0.39, 0.29) is 0 Å². The Kier molecular flexibility index (Phi) is 4.85. The number of imidazole rings is 1. The Labute approximate surface area is 201 Å². The van der Waals surface area contributed by atoms with Crippen LogP contribution >= 0.6 is 0 Å². The van der Waals surface area contributed by atoms with E-state index in [0.29, 0.717) is 11.9 Å². The van der Waals surface area contributed by atoms with Crippen LogP contribution in [0.5, 0.6) is 0 Å². The molecule has 2 fully saturated rings. The van der Waals surface area contributed by atoms with Crippen molar-refractivity contribution in [1.82, 2.24) is 34.4 Å². The zero-order valence-corrected chi connectivity index (χ0v) is 19.1. The summed E-state index contributed by atoms with van der Waals surface area (Å²) in [4.78, 5) is 19.0. The van der Waals surface area contributed by atoms with Crippen LogP contribution in [0, 0.1) is 0 Å². The smallest absolute Gasteiger partial charge is 0.180 e. The molecule has 10 nitrogen and oxygen atoms in total. The lowest BCUT2D eigenvalue weighted by Gasteiger charge is -2.43. The minimum absolute atomic E-state index is 0.614. The fourth-order valence-electron chi connectivity index (χ4n) is 4.78. The number of anilines is 3. The number of benzene rings is 1. The second-order valence-electron chi connectivity index (χ2n) is 9.02. The van der Waals surface area contributed by atoms with Crippen LogP contribution in [0.15, 0.2) is 61.2 Å². The van der Waals surface area contributed by atoms with Gasteiger partial charge in [0.1, 0.15) is 5.69 Å². The fraction of sp³-hybridized carbons (Fsp3) is 0.280. The summed E-state index contributed by atoms with van der Waals surface area (Å²) in [5, 5.41) is 11.4. The number of rotatable bonds is 5. The second kappa shape index (κ2) is 8.33. The summed E-state index contributed by atoms with van der Waals surface area (Å²) in [6, 6.07) is 13.1. The Morgan fingerprint density at radius 1 is 0.943 bits per heavy atom. The molecule has 0 saturated carbocycles. The number of pyridine rings is 1. The molecule has 5 aromatic rings. The molecule has 6 heterocycles. The van der Waals surface area contributed by atoms with Gasteiger partial charge < -0.3 is 19.4 Å². The lowest BCUT2D eigenvalue weighted by molar-refractivity contribution is -0.0660. The third kappa shape index (κ3) is 3.76. The van der Waals surface area contributed by atoms with E-state index in [1.807, 2.05) is 28.9 Å². The minimum Gasteiger partial charge on any atom is -0.378 e. The van der Waals surface area contributed by atoms with Crippen molar-refractivity contribution in [3.8, 4) is 11.4 Å². The van der Waals surface area contributed by atoms with Crippen LogP contribution in [0.4, 0.5) is 17.2 Å². The van der Waals surface area contributed by atoms with Crippen LogP contribution in [-0.2, 0) is 4.74 Å². The topological polar surface area (TPSA) is 99.5 Å². The number of ether oxygens (including phenoxy) is 1. The number of piperazine rings is 1. The molecule has 2 saturated heterocycles. The highest BCUT2D eigenvalue weighted by Crippen LogP contribution is 2.27. The van der Waals surface area contributed by atoms with Crippen LogP contribution in [0.2, 0.25) is 0 Å². The molecule has 0 bridgehead atoms. The summed E-state index contributed by atoms with van der Waals surface area (Å²) in [5.41, 5.74) is 5.22. The van der Waals surface area contributed by atoms with E-state index in [1.54, 1.807) is 12.4 Å². The number of H-pyrrole nitrogens is 1. The zero-order chi connectivity index (χ0) is 23.2. The van der Waals surface area contributed by atoms with Crippen molar-refractivity contribution in [3.63, 3.8) is 0 Å². The summed E-state index contributed by atoms with van der Waals surface area (Å²) >= 11 is 0. The minimum atomic E-state index is 0.614. The van der Waals surface area contributed by atoms with Gasteiger partial charge in [-0.25, -0.2) is 15.0 Å². The number of hydrogen-bond donors (Lipinski definition) is 2. The predicted molar refractivity (Wildman–Crippen MR) is 134 cm³/mol. The second-order valence-corrected chi connectivity index (χ2v) is 9.02. The Morgan fingerprint density at radius 3 is 2.60 bits per heavy atom. The van der Waals surface area contributed by atoms with Crippen LogP contribution in [0.25, 0.3) is 28.1 Å². The third-order valence-electron chi connectivity index (χ3n) is 6.88. The summed E-state index contributed by atoms with van der Waals surface area (Å²) in [6.45, 7) is 6.01. The molecule has 2 aliphatic heterocycles. The molecule has 2 aliphatic rings. The molecule has 0 atom stereocenters. The summed E-state index contributed by atoms with van der Waals surface area (Å²) in [6.07, 6.45) is 7.39. The first kappa shape index (κ1) is 20.4. The summed E-state index contributed by atoms with van der Waals surface area (Å²) in [7, 11) is 0. The van der Waals surface area contributed by atoms with E-state index in [2.05, 4.69) is 59.5 Å². The number of nitrogens with one attached hydrogen (secondary N) is 2. The molecule has 0 aliphatic carbocycles. The molecule has 0 radical (unpaired) electrons. The number of aromatic amines is 1. The lowest BCUT2D eigenvalue weighted by Crippen LogP contribution is -2.56. The highest BCUT2D eigenvalue weighted by Gasteiger charge is 2.28. The normalized spacial score (nSPS) is 17.2. The Bertz CT molecular complexity index is 1480. The van der Waals surface area contributed by atoms with Gasteiger partial charge >= 0.3 is 0 Å². The Morgan fingerprint density at radius 2 is 1.80 bits per heavy atom. The van der Waals surface area contributed by atoms with Crippen LogP contribution in [0.3, 0.4) is 0 Å². The predicted octanol–water partition coefficient (Wildman–Crippen LogP) is 2.93. The maximum absolute atomic E-state index is 5.35.